The Morgan fingerprint density at radius 2 is 1.43 bits per heavy atom. The van der Waals surface area contributed by atoms with Gasteiger partial charge in [-0.05, 0) is 41.7 Å². The lowest BCUT2D eigenvalue weighted by Gasteiger charge is -2.24. The fourth-order valence-corrected chi connectivity index (χ4v) is 3.49. The standard InChI is InChI=1S/C26H26N2O2/c29-25(27-18-20-8-3-1-4-9-20)17-22-12-7-13-24(16-22)28(26(30)23-14-15-23)19-21-10-5-2-6-11-21/h1-13,16,23H,14-15,17-19H2,(H,27,29). The molecule has 0 bridgehead atoms. The monoisotopic (exact) mass is 398 g/mol. The van der Waals surface area contributed by atoms with E-state index in [9.17, 15) is 9.59 Å². The van der Waals surface area contributed by atoms with Crippen molar-refractivity contribution in [3.8, 4) is 0 Å². The summed E-state index contributed by atoms with van der Waals surface area (Å²) in [5.74, 6) is 0.273. The molecule has 0 aromatic heterocycles. The van der Waals surface area contributed by atoms with Crippen molar-refractivity contribution in [3.05, 3.63) is 102 Å². The number of benzene rings is 3. The van der Waals surface area contributed by atoms with Gasteiger partial charge in [0.1, 0.15) is 0 Å². The highest BCUT2D eigenvalue weighted by Crippen LogP contribution is 2.33. The third kappa shape index (κ3) is 5.35. The van der Waals surface area contributed by atoms with Gasteiger partial charge in [0, 0.05) is 18.2 Å². The minimum Gasteiger partial charge on any atom is -0.352 e. The molecular formula is C26H26N2O2. The molecule has 0 aliphatic heterocycles. The number of carbonyl (C=O) groups excluding carboxylic acids is 2. The zero-order chi connectivity index (χ0) is 20.8. The highest BCUT2D eigenvalue weighted by molar-refractivity contribution is 5.96. The van der Waals surface area contributed by atoms with Crippen LogP contribution in [0.2, 0.25) is 0 Å². The lowest BCUT2D eigenvalue weighted by molar-refractivity contribution is -0.121. The Hall–Kier alpha value is -3.40. The SMILES string of the molecule is O=C(Cc1cccc(N(Cc2ccccc2)C(=O)C2CC2)c1)NCc1ccccc1. The fraction of sp³-hybridized carbons (Fsp3) is 0.231. The molecule has 4 heteroatoms. The zero-order valence-electron chi connectivity index (χ0n) is 17.0. The number of nitrogens with one attached hydrogen (secondary N) is 1. The summed E-state index contributed by atoms with van der Waals surface area (Å²) >= 11 is 0. The minimum atomic E-state index is -0.0286. The summed E-state index contributed by atoms with van der Waals surface area (Å²) < 4.78 is 0. The first kappa shape index (κ1) is 19.9. The van der Waals surface area contributed by atoms with Crippen molar-refractivity contribution in [3.63, 3.8) is 0 Å². The lowest BCUT2D eigenvalue weighted by Crippen LogP contribution is -2.31. The molecule has 2 amide bonds. The van der Waals surface area contributed by atoms with E-state index in [-0.39, 0.29) is 24.2 Å². The second-order valence-corrected chi connectivity index (χ2v) is 7.79. The van der Waals surface area contributed by atoms with Gasteiger partial charge in [-0.1, -0.05) is 72.8 Å². The van der Waals surface area contributed by atoms with Gasteiger partial charge in [-0.25, -0.2) is 0 Å². The van der Waals surface area contributed by atoms with Crippen molar-refractivity contribution >= 4 is 17.5 Å². The molecule has 3 aromatic carbocycles. The van der Waals surface area contributed by atoms with Crippen LogP contribution >= 0.6 is 0 Å². The Labute approximate surface area is 177 Å². The zero-order valence-corrected chi connectivity index (χ0v) is 17.0. The van der Waals surface area contributed by atoms with Gasteiger partial charge >= 0.3 is 0 Å². The number of carbonyl (C=O) groups is 2. The summed E-state index contributed by atoms with van der Waals surface area (Å²) in [5.41, 5.74) is 3.92. The van der Waals surface area contributed by atoms with Crippen LogP contribution in [0.15, 0.2) is 84.9 Å². The maximum atomic E-state index is 12.9. The number of hydrogen-bond donors (Lipinski definition) is 1. The van der Waals surface area contributed by atoms with Crippen LogP contribution in [-0.2, 0) is 29.1 Å². The fourth-order valence-electron chi connectivity index (χ4n) is 3.49. The first-order valence-corrected chi connectivity index (χ1v) is 10.4. The van der Waals surface area contributed by atoms with E-state index in [1.54, 1.807) is 0 Å². The predicted molar refractivity (Wildman–Crippen MR) is 119 cm³/mol. The molecule has 1 fully saturated rings. The van der Waals surface area contributed by atoms with Gasteiger partial charge in [0.15, 0.2) is 0 Å². The molecule has 4 nitrogen and oxygen atoms in total. The second-order valence-electron chi connectivity index (χ2n) is 7.79. The van der Waals surface area contributed by atoms with E-state index in [2.05, 4.69) is 5.32 Å². The largest absolute Gasteiger partial charge is 0.352 e. The molecule has 0 spiro atoms. The van der Waals surface area contributed by atoms with Crippen LogP contribution in [-0.4, -0.2) is 11.8 Å². The van der Waals surface area contributed by atoms with Crippen LogP contribution in [0, 0.1) is 5.92 Å². The van der Waals surface area contributed by atoms with Gasteiger partial charge in [0.2, 0.25) is 11.8 Å². The molecule has 0 unspecified atom stereocenters. The molecule has 1 aliphatic rings. The molecule has 152 valence electrons. The summed E-state index contributed by atoms with van der Waals surface area (Å²) in [6.07, 6.45) is 2.22. The van der Waals surface area contributed by atoms with Crippen molar-refractivity contribution in [2.24, 2.45) is 5.92 Å². The predicted octanol–water partition coefficient (Wildman–Crippen LogP) is 4.49. The first-order chi connectivity index (χ1) is 14.7. The van der Waals surface area contributed by atoms with Crippen molar-refractivity contribution in [1.82, 2.24) is 5.32 Å². The van der Waals surface area contributed by atoms with Crippen molar-refractivity contribution in [1.29, 1.82) is 0 Å². The maximum Gasteiger partial charge on any atom is 0.230 e. The number of rotatable bonds is 8. The summed E-state index contributed by atoms with van der Waals surface area (Å²) in [7, 11) is 0. The molecular weight excluding hydrogens is 372 g/mol. The van der Waals surface area contributed by atoms with E-state index in [1.807, 2.05) is 89.8 Å². The van der Waals surface area contributed by atoms with Crippen molar-refractivity contribution in [2.75, 3.05) is 4.90 Å². The Kier molecular flexibility index (Phi) is 6.23. The van der Waals surface area contributed by atoms with Crippen LogP contribution in [0.5, 0.6) is 0 Å². The Bertz CT molecular complexity index is 998. The van der Waals surface area contributed by atoms with Crippen molar-refractivity contribution < 1.29 is 9.59 Å². The van der Waals surface area contributed by atoms with Crippen LogP contribution in [0.3, 0.4) is 0 Å². The average Bonchev–Trinajstić information content (AvgIpc) is 3.63. The van der Waals surface area contributed by atoms with Crippen LogP contribution in [0.1, 0.15) is 29.5 Å². The van der Waals surface area contributed by atoms with Crippen LogP contribution in [0.4, 0.5) is 5.69 Å². The van der Waals surface area contributed by atoms with Gasteiger partial charge in [-0.2, -0.15) is 0 Å². The van der Waals surface area contributed by atoms with Gasteiger partial charge in [-0.15, -0.1) is 0 Å². The van der Waals surface area contributed by atoms with Gasteiger partial charge in [0.25, 0.3) is 0 Å². The van der Waals surface area contributed by atoms with Crippen LogP contribution < -0.4 is 10.2 Å². The normalized spacial score (nSPS) is 12.9. The van der Waals surface area contributed by atoms with Gasteiger partial charge in [0.05, 0.1) is 13.0 Å². The molecule has 1 saturated carbocycles. The van der Waals surface area contributed by atoms with Crippen LogP contribution in [0.25, 0.3) is 0 Å². The second kappa shape index (κ2) is 9.40. The number of amides is 2. The Morgan fingerprint density at radius 1 is 0.800 bits per heavy atom. The third-order valence-electron chi connectivity index (χ3n) is 5.30. The van der Waals surface area contributed by atoms with E-state index >= 15 is 0 Å². The highest BCUT2D eigenvalue weighted by atomic mass is 16.2. The molecule has 30 heavy (non-hydrogen) atoms. The molecule has 3 aromatic rings. The topological polar surface area (TPSA) is 49.4 Å². The number of nitrogens with zero attached hydrogens (tertiary/aromatic N) is 1. The summed E-state index contributed by atoms with van der Waals surface area (Å²) in [5, 5.41) is 2.97. The first-order valence-electron chi connectivity index (χ1n) is 10.4. The number of hydrogen-bond acceptors (Lipinski definition) is 2. The summed E-state index contributed by atoms with van der Waals surface area (Å²) in [6, 6.07) is 27.7. The molecule has 0 radical (unpaired) electrons. The molecule has 1 aliphatic carbocycles. The van der Waals surface area contributed by atoms with Crippen molar-refractivity contribution in [2.45, 2.75) is 32.4 Å². The molecule has 1 N–H and O–H groups in total. The van der Waals surface area contributed by atoms with E-state index in [1.165, 1.54) is 0 Å². The quantitative estimate of drug-likeness (QED) is 0.608. The van der Waals surface area contributed by atoms with E-state index in [0.717, 1.165) is 35.2 Å². The third-order valence-corrected chi connectivity index (χ3v) is 5.30. The smallest absolute Gasteiger partial charge is 0.230 e. The lowest BCUT2D eigenvalue weighted by atomic mass is 10.1. The van der Waals surface area contributed by atoms with Gasteiger partial charge < -0.3 is 10.2 Å². The average molecular weight is 399 g/mol. The molecule has 4 rings (SSSR count). The molecule has 0 heterocycles. The Morgan fingerprint density at radius 3 is 2.10 bits per heavy atom. The van der Waals surface area contributed by atoms with E-state index in [0.29, 0.717) is 13.1 Å². The summed E-state index contributed by atoms with van der Waals surface area (Å²) in [4.78, 5) is 27.2. The maximum absolute atomic E-state index is 12.9. The molecule has 0 saturated heterocycles. The van der Waals surface area contributed by atoms with E-state index in [4.69, 9.17) is 0 Å². The minimum absolute atomic E-state index is 0.0286. The number of anilines is 1. The molecule has 0 atom stereocenters. The summed E-state index contributed by atoms with van der Waals surface area (Å²) in [6.45, 7) is 1.06. The highest BCUT2D eigenvalue weighted by Gasteiger charge is 2.34. The van der Waals surface area contributed by atoms with E-state index < -0.39 is 0 Å². The van der Waals surface area contributed by atoms with Gasteiger partial charge in [-0.3, -0.25) is 9.59 Å². The Balaban J connectivity index is 1.45.